The van der Waals surface area contributed by atoms with Crippen LogP contribution in [0.1, 0.15) is 26.7 Å². The maximum atomic E-state index is 12.6. The lowest BCUT2D eigenvalue weighted by Gasteiger charge is -2.31. The molecule has 108 valence electrons. The fourth-order valence-electron chi connectivity index (χ4n) is 2.45. The summed E-state index contributed by atoms with van der Waals surface area (Å²) in [4.78, 5) is 0. The van der Waals surface area contributed by atoms with Crippen LogP contribution in [-0.4, -0.2) is 38.4 Å². The van der Waals surface area contributed by atoms with Gasteiger partial charge in [0.1, 0.15) is 4.21 Å². The van der Waals surface area contributed by atoms with E-state index in [-0.39, 0.29) is 6.04 Å². The molecule has 1 aliphatic heterocycles. The molecule has 0 aromatic carbocycles. The van der Waals surface area contributed by atoms with Crippen molar-refractivity contribution in [3.63, 3.8) is 0 Å². The van der Waals surface area contributed by atoms with E-state index in [1.807, 2.05) is 19.2 Å². The fourth-order valence-corrected chi connectivity index (χ4v) is 5.28. The Morgan fingerprint density at radius 3 is 2.84 bits per heavy atom. The Morgan fingerprint density at radius 1 is 1.53 bits per heavy atom. The van der Waals surface area contributed by atoms with Crippen molar-refractivity contribution in [2.24, 2.45) is 5.92 Å². The van der Waals surface area contributed by atoms with Gasteiger partial charge in [-0.2, -0.15) is 4.31 Å². The molecule has 2 heterocycles. The Bertz CT molecular complexity index is 477. The minimum atomic E-state index is -3.33. The van der Waals surface area contributed by atoms with Gasteiger partial charge in [0.2, 0.25) is 0 Å². The minimum Gasteiger partial charge on any atom is -0.316 e. The summed E-state index contributed by atoms with van der Waals surface area (Å²) >= 11 is 1.29. The quantitative estimate of drug-likeness (QED) is 0.906. The van der Waals surface area contributed by atoms with Crippen LogP contribution in [0, 0.1) is 5.92 Å². The van der Waals surface area contributed by atoms with Crippen LogP contribution >= 0.6 is 11.3 Å². The summed E-state index contributed by atoms with van der Waals surface area (Å²) in [6.45, 7) is 6.48. The highest BCUT2D eigenvalue weighted by Gasteiger charge is 2.30. The monoisotopic (exact) mass is 302 g/mol. The third-order valence-electron chi connectivity index (χ3n) is 3.47. The maximum Gasteiger partial charge on any atom is 0.252 e. The molecule has 0 spiro atoms. The van der Waals surface area contributed by atoms with Crippen molar-refractivity contribution < 1.29 is 8.42 Å². The molecule has 6 heteroatoms. The molecule has 0 saturated carbocycles. The van der Waals surface area contributed by atoms with E-state index in [9.17, 15) is 8.42 Å². The number of nitrogens with one attached hydrogen (secondary N) is 1. The number of rotatable bonds is 5. The van der Waals surface area contributed by atoms with E-state index in [0.717, 1.165) is 25.9 Å². The van der Waals surface area contributed by atoms with Crippen LogP contribution in [0.15, 0.2) is 21.7 Å². The average molecular weight is 302 g/mol. The molecule has 4 nitrogen and oxygen atoms in total. The first kappa shape index (κ1) is 15.0. The molecule has 0 bridgehead atoms. The highest BCUT2D eigenvalue weighted by Crippen LogP contribution is 2.25. The largest absolute Gasteiger partial charge is 0.316 e. The number of hydrogen-bond donors (Lipinski definition) is 1. The van der Waals surface area contributed by atoms with E-state index in [2.05, 4.69) is 5.32 Å². The van der Waals surface area contributed by atoms with Crippen LogP contribution in [0.5, 0.6) is 0 Å². The molecule has 1 N–H and O–H groups in total. The molecule has 0 aliphatic carbocycles. The molecule has 19 heavy (non-hydrogen) atoms. The Kier molecular flexibility index (Phi) is 5.00. The first-order valence-corrected chi connectivity index (χ1v) is 9.10. The van der Waals surface area contributed by atoms with Gasteiger partial charge in [0.05, 0.1) is 0 Å². The van der Waals surface area contributed by atoms with Crippen LogP contribution in [0.3, 0.4) is 0 Å². The Balaban J connectivity index is 2.15. The van der Waals surface area contributed by atoms with E-state index in [1.54, 1.807) is 16.4 Å². The number of hydrogen-bond acceptors (Lipinski definition) is 4. The van der Waals surface area contributed by atoms with Crippen molar-refractivity contribution in [2.75, 3.05) is 19.6 Å². The standard InChI is InChI=1S/C13H22N2O2S2/c1-11(2)15(10-12-5-3-7-14-9-12)19(16,17)13-6-4-8-18-13/h4,6,8,11-12,14H,3,5,7,9-10H2,1-2H3. The zero-order chi connectivity index (χ0) is 13.9. The van der Waals surface area contributed by atoms with E-state index in [4.69, 9.17) is 0 Å². The normalized spacial score (nSPS) is 21.2. The number of thiophene rings is 1. The second-order valence-corrected chi connectivity index (χ2v) is 8.38. The highest BCUT2D eigenvalue weighted by atomic mass is 32.2. The first-order valence-electron chi connectivity index (χ1n) is 6.78. The fraction of sp³-hybridized carbons (Fsp3) is 0.692. The SMILES string of the molecule is CC(C)N(CC1CCCNC1)S(=O)(=O)c1cccs1. The van der Waals surface area contributed by atoms with E-state index in [0.29, 0.717) is 16.7 Å². The van der Waals surface area contributed by atoms with Crippen molar-refractivity contribution in [1.29, 1.82) is 0 Å². The lowest BCUT2D eigenvalue weighted by molar-refractivity contribution is 0.264. The third-order valence-corrected chi connectivity index (χ3v) is 6.89. The molecule has 2 rings (SSSR count). The zero-order valence-electron chi connectivity index (χ0n) is 11.5. The first-order chi connectivity index (χ1) is 9.01. The zero-order valence-corrected chi connectivity index (χ0v) is 13.1. The van der Waals surface area contributed by atoms with Crippen LogP contribution in [0.4, 0.5) is 0 Å². The molecule has 1 aliphatic rings. The Hall–Kier alpha value is -0.430. The van der Waals surface area contributed by atoms with Crippen LogP contribution in [0.25, 0.3) is 0 Å². The van der Waals surface area contributed by atoms with Gasteiger partial charge >= 0.3 is 0 Å². The lowest BCUT2D eigenvalue weighted by atomic mass is 9.99. The Morgan fingerprint density at radius 2 is 2.32 bits per heavy atom. The summed E-state index contributed by atoms with van der Waals surface area (Å²) < 4.78 is 27.3. The van der Waals surface area contributed by atoms with Gasteiger partial charge in [-0.3, -0.25) is 0 Å². The van der Waals surface area contributed by atoms with Crippen molar-refractivity contribution >= 4 is 21.4 Å². The van der Waals surface area contributed by atoms with Crippen molar-refractivity contribution in [3.05, 3.63) is 17.5 Å². The molecule has 1 unspecified atom stereocenters. The van der Waals surface area contributed by atoms with Crippen molar-refractivity contribution in [1.82, 2.24) is 9.62 Å². The van der Waals surface area contributed by atoms with Gasteiger partial charge in [0, 0.05) is 12.6 Å². The molecular formula is C13H22N2O2S2. The summed E-state index contributed by atoms with van der Waals surface area (Å²) in [6.07, 6.45) is 2.24. The molecule has 1 fully saturated rings. The number of nitrogens with zero attached hydrogens (tertiary/aromatic N) is 1. The van der Waals surface area contributed by atoms with Gasteiger partial charge in [0.25, 0.3) is 10.0 Å². The van der Waals surface area contributed by atoms with Gasteiger partial charge < -0.3 is 5.32 Å². The van der Waals surface area contributed by atoms with Gasteiger partial charge in [0.15, 0.2) is 0 Å². The van der Waals surface area contributed by atoms with Crippen LogP contribution in [0.2, 0.25) is 0 Å². The molecule has 1 aromatic heterocycles. The van der Waals surface area contributed by atoms with Crippen molar-refractivity contribution in [3.8, 4) is 0 Å². The summed E-state index contributed by atoms with van der Waals surface area (Å²) in [5.74, 6) is 0.422. The van der Waals surface area contributed by atoms with E-state index < -0.39 is 10.0 Å². The highest BCUT2D eigenvalue weighted by molar-refractivity contribution is 7.91. The second kappa shape index (κ2) is 6.35. The van der Waals surface area contributed by atoms with Gasteiger partial charge in [-0.1, -0.05) is 6.07 Å². The molecule has 1 saturated heterocycles. The second-order valence-electron chi connectivity index (χ2n) is 5.31. The summed E-state index contributed by atoms with van der Waals surface area (Å²) in [6, 6.07) is 3.47. The van der Waals surface area contributed by atoms with Crippen molar-refractivity contribution in [2.45, 2.75) is 36.9 Å². The van der Waals surface area contributed by atoms with Gasteiger partial charge in [-0.05, 0) is 57.1 Å². The topological polar surface area (TPSA) is 49.4 Å². The summed E-state index contributed by atoms with van der Waals surface area (Å²) in [5, 5.41) is 5.16. The van der Waals surface area contributed by atoms with Crippen LogP contribution in [-0.2, 0) is 10.0 Å². The smallest absolute Gasteiger partial charge is 0.252 e. The predicted octanol–water partition coefficient (Wildman–Crippen LogP) is 2.15. The molecule has 1 aromatic rings. The Labute approximate surface area is 119 Å². The summed E-state index contributed by atoms with van der Waals surface area (Å²) in [7, 11) is -3.33. The molecule has 0 amide bonds. The van der Waals surface area contributed by atoms with Crippen LogP contribution < -0.4 is 5.32 Å². The summed E-state index contributed by atoms with van der Waals surface area (Å²) in [5.41, 5.74) is 0. The van der Waals surface area contributed by atoms with Gasteiger partial charge in [-0.25, -0.2) is 8.42 Å². The molecule has 0 radical (unpaired) electrons. The molecule has 1 atom stereocenters. The van der Waals surface area contributed by atoms with E-state index in [1.165, 1.54) is 11.3 Å². The maximum absolute atomic E-state index is 12.6. The average Bonchev–Trinajstić information content (AvgIpc) is 2.91. The lowest BCUT2D eigenvalue weighted by Crippen LogP contribution is -2.43. The third kappa shape index (κ3) is 3.56. The number of piperidine rings is 1. The number of sulfonamides is 1. The minimum absolute atomic E-state index is 0.00553. The molecular weight excluding hydrogens is 280 g/mol. The van der Waals surface area contributed by atoms with E-state index >= 15 is 0 Å². The van der Waals surface area contributed by atoms with Gasteiger partial charge in [-0.15, -0.1) is 11.3 Å². The predicted molar refractivity (Wildman–Crippen MR) is 78.9 cm³/mol.